The summed E-state index contributed by atoms with van der Waals surface area (Å²) in [6.07, 6.45) is 3.62. The van der Waals surface area contributed by atoms with Gasteiger partial charge in [-0.2, -0.15) is 10.2 Å². The molecule has 0 aliphatic carbocycles. The van der Waals surface area contributed by atoms with E-state index in [0.717, 1.165) is 26.2 Å². The summed E-state index contributed by atoms with van der Waals surface area (Å²) in [5.41, 5.74) is 4.66. The number of nitrogens with one attached hydrogen (secondary N) is 4. The van der Waals surface area contributed by atoms with Crippen molar-refractivity contribution < 1.29 is 9.59 Å². The Balaban J connectivity index is 0.000000156. The zero-order valence-corrected chi connectivity index (χ0v) is 24.5. The number of nitrogens with zero attached hydrogens (tertiary/aromatic N) is 2. The largest absolute Gasteiger partial charge is 0.355 e. The van der Waals surface area contributed by atoms with Crippen LogP contribution in [0.5, 0.6) is 0 Å². The minimum atomic E-state index is -0.101. The lowest BCUT2D eigenvalue weighted by molar-refractivity contribution is 0.0952. The third-order valence-corrected chi connectivity index (χ3v) is 7.43. The van der Waals surface area contributed by atoms with Crippen LogP contribution in [-0.2, 0) is 0 Å². The summed E-state index contributed by atoms with van der Waals surface area (Å²) in [5, 5.41) is 21.2. The monoisotopic (exact) mass is 582 g/mol. The highest BCUT2D eigenvalue weighted by Crippen LogP contribution is 2.32. The first-order valence-electron chi connectivity index (χ1n) is 12.7. The second-order valence-electron chi connectivity index (χ2n) is 8.85. The first-order chi connectivity index (χ1) is 19.9. The number of fused-ring (bicyclic) bond motifs is 2. The molecule has 208 valence electrons. The number of carbonyl (C=O) groups excluding carboxylic acids is 2. The molecule has 0 aliphatic rings. The van der Waals surface area contributed by atoms with Crippen LogP contribution in [0.2, 0.25) is 0 Å². The van der Waals surface area contributed by atoms with Gasteiger partial charge in [-0.05, 0) is 55.0 Å². The number of amides is 2. The van der Waals surface area contributed by atoms with E-state index in [4.69, 9.17) is 0 Å². The SMILES string of the molecule is CNC(=O)c1ccccc1S.CNC(=O)c1ccccc1Sc1ccc2cn[nH]c2c1.Cc1ccc2cn[nH]c2c1. The molecule has 2 heterocycles. The third-order valence-electron chi connectivity index (χ3n) is 5.97. The molecule has 0 unspecified atom stereocenters. The molecule has 2 amide bonds. The molecule has 0 fully saturated rings. The summed E-state index contributed by atoms with van der Waals surface area (Å²) < 4.78 is 0. The highest BCUT2D eigenvalue weighted by atomic mass is 32.2. The summed E-state index contributed by atoms with van der Waals surface area (Å²) in [5.74, 6) is -0.175. The highest BCUT2D eigenvalue weighted by molar-refractivity contribution is 7.99. The highest BCUT2D eigenvalue weighted by Gasteiger charge is 2.10. The van der Waals surface area contributed by atoms with Crippen LogP contribution in [0.25, 0.3) is 21.8 Å². The number of hydrogen-bond donors (Lipinski definition) is 5. The van der Waals surface area contributed by atoms with E-state index in [2.05, 4.69) is 68.8 Å². The zero-order chi connectivity index (χ0) is 29.2. The van der Waals surface area contributed by atoms with Crippen LogP contribution < -0.4 is 10.6 Å². The van der Waals surface area contributed by atoms with E-state index in [1.807, 2.05) is 60.8 Å². The summed E-state index contributed by atoms with van der Waals surface area (Å²) in [4.78, 5) is 25.6. The minimum absolute atomic E-state index is 0.0734. The van der Waals surface area contributed by atoms with Gasteiger partial charge in [0, 0.05) is 39.6 Å². The van der Waals surface area contributed by atoms with E-state index in [1.54, 1.807) is 44.2 Å². The average molecular weight is 583 g/mol. The second-order valence-corrected chi connectivity index (χ2v) is 10.5. The molecule has 4 N–H and O–H groups in total. The fourth-order valence-electron chi connectivity index (χ4n) is 3.84. The summed E-state index contributed by atoms with van der Waals surface area (Å²) in [7, 11) is 3.24. The predicted octanol–water partition coefficient (Wildman–Crippen LogP) is 6.28. The average Bonchev–Trinajstić information content (AvgIpc) is 3.66. The number of hydrogen-bond acceptors (Lipinski definition) is 6. The fraction of sp³-hybridized carbons (Fsp3) is 0.0968. The summed E-state index contributed by atoms with van der Waals surface area (Å²) >= 11 is 5.70. The normalized spacial score (nSPS) is 10.2. The second kappa shape index (κ2) is 14.2. The van der Waals surface area contributed by atoms with E-state index in [0.29, 0.717) is 16.0 Å². The Morgan fingerprint density at radius 1 is 0.732 bits per heavy atom. The van der Waals surface area contributed by atoms with Crippen molar-refractivity contribution in [1.82, 2.24) is 31.0 Å². The van der Waals surface area contributed by atoms with Gasteiger partial charge in [0.15, 0.2) is 0 Å². The van der Waals surface area contributed by atoms with Crippen molar-refractivity contribution in [1.29, 1.82) is 0 Å². The first-order valence-corrected chi connectivity index (χ1v) is 14.0. The Morgan fingerprint density at radius 2 is 1.29 bits per heavy atom. The molecule has 0 atom stereocenters. The predicted molar refractivity (Wildman–Crippen MR) is 168 cm³/mol. The van der Waals surface area contributed by atoms with Gasteiger partial charge >= 0.3 is 0 Å². The number of benzene rings is 4. The van der Waals surface area contributed by atoms with Crippen LogP contribution in [0.15, 0.2) is 112 Å². The lowest BCUT2D eigenvalue weighted by atomic mass is 10.2. The molecule has 0 bridgehead atoms. The number of aryl methyl sites for hydroxylation is 1. The molecule has 6 rings (SSSR count). The van der Waals surface area contributed by atoms with E-state index in [1.165, 1.54) is 10.9 Å². The van der Waals surface area contributed by atoms with Crippen LogP contribution in [0, 0.1) is 6.92 Å². The van der Waals surface area contributed by atoms with E-state index in [-0.39, 0.29) is 11.8 Å². The van der Waals surface area contributed by atoms with Crippen molar-refractivity contribution in [2.45, 2.75) is 21.6 Å². The fourth-order valence-corrected chi connectivity index (χ4v) is 5.08. The van der Waals surface area contributed by atoms with Gasteiger partial charge in [0.05, 0.1) is 34.6 Å². The molecule has 10 heteroatoms. The Morgan fingerprint density at radius 3 is 1.95 bits per heavy atom. The molecule has 0 aliphatic heterocycles. The van der Waals surface area contributed by atoms with Crippen LogP contribution in [-0.4, -0.2) is 46.3 Å². The lowest BCUT2D eigenvalue weighted by Gasteiger charge is -2.07. The molecule has 0 saturated heterocycles. The quantitative estimate of drug-likeness (QED) is 0.157. The standard InChI is InChI=1S/C15H13N3OS.C8H8N2.C8H9NOS/c1-16-15(19)12-4-2-3-5-14(12)20-11-7-6-10-9-17-18-13(10)8-11;1-6-2-3-7-5-9-10-8(7)4-6;1-9-8(10)6-4-2-3-5-7(6)11/h2-9H,1H3,(H,16,19)(H,17,18);2-5H,1H3,(H,9,10);2-5,11H,1H3,(H,9,10). The van der Waals surface area contributed by atoms with Crippen molar-refractivity contribution >= 4 is 58.0 Å². The molecule has 6 aromatic rings. The van der Waals surface area contributed by atoms with Crippen molar-refractivity contribution in [3.63, 3.8) is 0 Å². The van der Waals surface area contributed by atoms with Crippen LogP contribution in [0.3, 0.4) is 0 Å². The minimum Gasteiger partial charge on any atom is -0.355 e. The van der Waals surface area contributed by atoms with Crippen molar-refractivity contribution in [2.75, 3.05) is 14.1 Å². The maximum atomic E-state index is 11.9. The van der Waals surface area contributed by atoms with E-state index in [9.17, 15) is 9.59 Å². The van der Waals surface area contributed by atoms with Crippen molar-refractivity contribution in [3.05, 3.63) is 114 Å². The number of H-pyrrole nitrogens is 2. The van der Waals surface area contributed by atoms with Gasteiger partial charge < -0.3 is 10.6 Å². The van der Waals surface area contributed by atoms with Gasteiger partial charge in [0.1, 0.15) is 0 Å². The topological polar surface area (TPSA) is 116 Å². The van der Waals surface area contributed by atoms with Gasteiger partial charge in [-0.15, -0.1) is 12.6 Å². The number of aromatic nitrogens is 4. The Kier molecular flexibility index (Phi) is 10.2. The molecular weight excluding hydrogens is 553 g/mol. The molecule has 41 heavy (non-hydrogen) atoms. The lowest BCUT2D eigenvalue weighted by Crippen LogP contribution is -2.18. The Labute approximate surface area is 247 Å². The number of aromatic amines is 2. The molecule has 0 spiro atoms. The third kappa shape index (κ3) is 7.77. The Hall–Kier alpha value is -4.54. The van der Waals surface area contributed by atoms with Gasteiger partial charge in [-0.3, -0.25) is 19.8 Å². The molecule has 2 aromatic heterocycles. The van der Waals surface area contributed by atoms with Gasteiger partial charge in [0.25, 0.3) is 11.8 Å². The van der Waals surface area contributed by atoms with E-state index >= 15 is 0 Å². The molecule has 0 radical (unpaired) electrons. The van der Waals surface area contributed by atoms with Gasteiger partial charge in [0.2, 0.25) is 0 Å². The Bertz CT molecular complexity index is 1780. The first kappa shape index (κ1) is 29.4. The number of rotatable bonds is 4. The summed E-state index contributed by atoms with van der Waals surface area (Å²) in [6, 6.07) is 27.1. The number of carbonyl (C=O) groups is 2. The summed E-state index contributed by atoms with van der Waals surface area (Å²) in [6.45, 7) is 2.07. The number of thiol groups is 1. The molecule has 8 nitrogen and oxygen atoms in total. The van der Waals surface area contributed by atoms with Crippen molar-refractivity contribution in [2.24, 2.45) is 0 Å². The van der Waals surface area contributed by atoms with Gasteiger partial charge in [-0.25, -0.2) is 0 Å². The van der Waals surface area contributed by atoms with Crippen LogP contribution >= 0.6 is 24.4 Å². The van der Waals surface area contributed by atoms with E-state index < -0.39 is 0 Å². The van der Waals surface area contributed by atoms with Crippen molar-refractivity contribution in [3.8, 4) is 0 Å². The van der Waals surface area contributed by atoms with Gasteiger partial charge in [-0.1, -0.05) is 54.2 Å². The molecular formula is C31H30N6O2S2. The maximum Gasteiger partial charge on any atom is 0.252 e. The molecule has 0 saturated carbocycles. The van der Waals surface area contributed by atoms with Crippen LogP contribution in [0.4, 0.5) is 0 Å². The van der Waals surface area contributed by atoms with Crippen LogP contribution in [0.1, 0.15) is 26.3 Å². The zero-order valence-electron chi connectivity index (χ0n) is 22.8. The maximum absolute atomic E-state index is 11.9. The molecule has 4 aromatic carbocycles. The smallest absolute Gasteiger partial charge is 0.252 e.